The predicted octanol–water partition coefficient (Wildman–Crippen LogP) is 5.92. The molecule has 1 amide bonds. The van der Waals surface area contributed by atoms with Crippen molar-refractivity contribution in [2.24, 2.45) is 11.8 Å². The molecule has 2 N–H and O–H groups in total. The SMILES string of the molecule is O=C(O)CCC1CCC(C(=O)Nc2cc(-c3ccc(OC(F)(F)F)cc3)cs2)CC1. The molecular formula is C21H22F3NO4S. The summed E-state index contributed by atoms with van der Waals surface area (Å²) in [6, 6.07) is 7.37. The highest BCUT2D eigenvalue weighted by molar-refractivity contribution is 7.14. The summed E-state index contributed by atoms with van der Waals surface area (Å²) in [6.07, 6.45) is -0.699. The second-order valence-corrected chi connectivity index (χ2v) is 8.32. The number of carboxylic acid groups (broad SMARTS) is 1. The first-order valence-corrected chi connectivity index (χ1v) is 10.5. The van der Waals surface area contributed by atoms with Gasteiger partial charge in [0.05, 0.1) is 5.00 Å². The van der Waals surface area contributed by atoms with Gasteiger partial charge in [-0.1, -0.05) is 12.1 Å². The zero-order valence-corrected chi connectivity index (χ0v) is 16.9. The summed E-state index contributed by atoms with van der Waals surface area (Å²) in [6.45, 7) is 0. The maximum absolute atomic E-state index is 12.5. The third-order valence-corrected chi connectivity index (χ3v) is 6.10. The number of alkyl halides is 3. The van der Waals surface area contributed by atoms with Gasteiger partial charge < -0.3 is 15.2 Å². The molecule has 1 fully saturated rings. The van der Waals surface area contributed by atoms with Gasteiger partial charge in [0, 0.05) is 17.7 Å². The van der Waals surface area contributed by atoms with Crippen LogP contribution in [0.5, 0.6) is 5.75 Å². The van der Waals surface area contributed by atoms with Gasteiger partial charge >= 0.3 is 12.3 Å². The Morgan fingerprint density at radius 3 is 2.37 bits per heavy atom. The number of rotatable bonds is 7. The van der Waals surface area contributed by atoms with E-state index in [1.807, 2.05) is 5.38 Å². The molecule has 0 aliphatic heterocycles. The van der Waals surface area contributed by atoms with Gasteiger partial charge in [0.25, 0.3) is 0 Å². The van der Waals surface area contributed by atoms with Crippen LogP contribution in [0.4, 0.5) is 18.2 Å². The van der Waals surface area contributed by atoms with Crippen LogP contribution in [0.2, 0.25) is 0 Å². The first-order chi connectivity index (χ1) is 14.2. The largest absolute Gasteiger partial charge is 0.573 e. The minimum Gasteiger partial charge on any atom is -0.481 e. The van der Waals surface area contributed by atoms with E-state index in [0.29, 0.717) is 17.3 Å². The second-order valence-electron chi connectivity index (χ2n) is 7.41. The number of carbonyl (C=O) groups is 2. The summed E-state index contributed by atoms with van der Waals surface area (Å²) in [5.41, 5.74) is 1.52. The Kier molecular flexibility index (Phi) is 7.02. The van der Waals surface area contributed by atoms with Gasteiger partial charge in [-0.05, 0) is 67.3 Å². The molecule has 0 saturated heterocycles. The average molecular weight is 441 g/mol. The number of hydrogen-bond acceptors (Lipinski definition) is 4. The van der Waals surface area contributed by atoms with Gasteiger partial charge in [0.1, 0.15) is 5.75 Å². The molecule has 5 nitrogen and oxygen atoms in total. The van der Waals surface area contributed by atoms with Crippen molar-refractivity contribution in [3.63, 3.8) is 0 Å². The first kappa shape index (κ1) is 22.1. The van der Waals surface area contributed by atoms with Crippen LogP contribution in [0.15, 0.2) is 35.7 Å². The highest BCUT2D eigenvalue weighted by atomic mass is 32.1. The number of halogens is 3. The smallest absolute Gasteiger partial charge is 0.481 e. The van der Waals surface area contributed by atoms with Gasteiger partial charge in [-0.3, -0.25) is 9.59 Å². The van der Waals surface area contributed by atoms with Crippen LogP contribution in [-0.2, 0) is 9.59 Å². The van der Waals surface area contributed by atoms with E-state index in [1.165, 1.54) is 35.6 Å². The molecule has 1 aliphatic carbocycles. The Morgan fingerprint density at radius 2 is 1.77 bits per heavy atom. The fourth-order valence-corrected chi connectivity index (χ4v) is 4.48. The van der Waals surface area contributed by atoms with E-state index in [0.717, 1.165) is 36.8 Å². The standard InChI is InChI=1S/C21H22F3NO4S/c22-21(23,24)29-17-8-6-14(7-9-17)16-11-18(30-12-16)25-20(28)15-4-1-13(2-5-15)3-10-19(26)27/h6-9,11-13,15H,1-5,10H2,(H,25,28)(H,26,27). The van der Waals surface area contributed by atoms with Crippen LogP contribution >= 0.6 is 11.3 Å². The lowest BCUT2D eigenvalue weighted by atomic mass is 9.79. The van der Waals surface area contributed by atoms with E-state index < -0.39 is 12.3 Å². The molecule has 0 spiro atoms. The van der Waals surface area contributed by atoms with Crippen molar-refractivity contribution in [3.05, 3.63) is 35.7 Å². The van der Waals surface area contributed by atoms with Gasteiger partial charge in [-0.15, -0.1) is 24.5 Å². The fraction of sp³-hybridized carbons (Fsp3) is 0.429. The third kappa shape index (κ3) is 6.48. The molecule has 1 aromatic heterocycles. The number of carboxylic acids is 1. The number of anilines is 1. The molecule has 0 bridgehead atoms. The minimum atomic E-state index is -4.73. The van der Waals surface area contributed by atoms with Crippen LogP contribution < -0.4 is 10.1 Å². The molecule has 1 aliphatic rings. The Labute approximate surface area is 175 Å². The molecule has 162 valence electrons. The van der Waals surface area contributed by atoms with E-state index in [-0.39, 0.29) is 24.0 Å². The van der Waals surface area contributed by atoms with Crippen molar-refractivity contribution in [1.29, 1.82) is 0 Å². The Balaban J connectivity index is 1.52. The summed E-state index contributed by atoms with van der Waals surface area (Å²) < 4.78 is 40.6. The quantitative estimate of drug-likeness (QED) is 0.559. The molecule has 0 atom stereocenters. The van der Waals surface area contributed by atoms with E-state index in [2.05, 4.69) is 10.1 Å². The van der Waals surface area contributed by atoms with Crippen molar-refractivity contribution >= 4 is 28.2 Å². The molecular weight excluding hydrogens is 419 g/mol. The molecule has 1 heterocycles. The van der Waals surface area contributed by atoms with Crippen molar-refractivity contribution in [3.8, 4) is 16.9 Å². The maximum atomic E-state index is 12.5. The van der Waals surface area contributed by atoms with Crippen LogP contribution in [0.3, 0.4) is 0 Å². The lowest BCUT2D eigenvalue weighted by Crippen LogP contribution is -2.27. The Bertz CT molecular complexity index is 871. The summed E-state index contributed by atoms with van der Waals surface area (Å²) in [5, 5.41) is 14.2. The van der Waals surface area contributed by atoms with Crippen LogP contribution in [0.25, 0.3) is 11.1 Å². The number of benzene rings is 1. The van der Waals surface area contributed by atoms with E-state index in [1.54, 1.807) is 6.07 Å². The van der Waals surface area contributed by atoms with Crippen LogP contribution in [0.1, 0.15) is 38.5 Å². The molecule has 0 unspecified atom stereocenters. The molecule has 2 aromatic rings. The van der Waals surface area contributed by atoms with Crippen molar-refractivity contribution in [2.75, 3.05) is 5.32 Å². The number of carbonyl (C=O) groups excluding carboxylic acids is 1. The number of hydrogen-bond donors (Lipinski definition) is 2. The Hall–Kier alpha value is -2.55. The number of ether oxygens (including phenoxy) is 1. The van der Waals surface area contributed by atoms with Gasteiger partial charge in [-0.25, -0.2) is 0 Å². The summed E-state index contributed by atoms with van der Waals surface area (Å²) in [7, 11) is 0. The highest BCUT2D eigenvalue weighted by Gasteiger charge is 2.31. The fourth-order valence-electron chi connectivity index (χ4n) is 3.67. The van der Waals surface area contributed by atoms with Gasteiger partial charge in [-0.2, -0.15) is 0 Å². The minimum absolute atomic E-state index is 0.0472. The third-order valence-electron chi connectivity index (χ3n) is 5.25. The monoisotopic (exact) mass is 441 g/mol. The van der Waals surface area contributed by atoms with Crippen molar-refractivity contribution in [2.45, 2.75) is 44.9 Å². The molecule has 30 heavy (non-hydrogen) atoms. The summed E-state index contributed by atoms with van der Waals surface area (Å²) >= 11 is 1.35. The molecule has 0 radical (unpaired) electrons. The van der Waals surface area contributed by atoms with Crippen molar-refractivity contribution < 1.29 is 32.6 Å². The normalized spacial score (nSPS) is 19.3. The number of amides is 1. The predicted molar refractivity (Wildman–Crippen MR) is 107 cm³/mol. The number of thiophene rings is 1. The number of nitrogens with one attached hydrogen (secondary N) is 1. The molecule has 1 aromatic carbocycles. The summed E-state index contributed by atoms with van der Waals surface area (Å²) in [5.74, 6) is -0.841. The van der Waals surface area contributed by atoms with Gasteiger partial charge in [0.15, 0.2) is 0 Å². The molecule has 9 heteroatoms. The first-order valence-electron chi connectivity index (χ1n) is 9.67. The lowest BCUT2D eigenvalue weighted by molar-refractivity contribution is -0.274. The average Bonchev–Trinajstić information content (AvgIpc) is 3.14. The Morgan fingerprint density at radius 1 is 1.10 bits per heavy atom. The van der Waals surface area contributed by atoms with E-state index in [4.69, 9.17) is 5.11 Å². The van der Waals surface area contributed by atoms with E-state index >= 15 is 0 Å². The zero-order chi connectivity index (χ0) is 21.7. The zero-order valence-electron chi connectivity index (χ0n) is 16.1. The lowest BCUT2D eigenvalue weighted by Gasteiger charge is -2.27. The molecule has 3 rings (SSSR count). The van der Waals surface area contributed by atoms with E-state index in [9.17, 15) is 22.8 Å². The molecule has 1 saturated carbocycles. The second kappa shape index (κ2) is 9.51. The maximum Gasteiger partial charge on any atom is 0.573 e. The van der Waals surface area contributed by atoms with Gasteiger partial charge in [0.2, 0.25) is 5.91 Å². The number of aliphatic carboxylic acids is 1. The summed E-state index contributed by atoms with van der Waals surface area (Å²) in [4.78, 5) is 23.2. The topological polar surface area (TPSA) is 75.6 Å². The van der Waals surface area contributed by atoms with Crippen LogP contribution in [0, 0.1) is 11.8 Å². The highest BCUT2D eigenvalue weighted by Crippen LogP contribution is 2.34. The van der Waals surface area contributed by atoms with Crippen molar-refractivity contribution in [1.82, 2.24) is 0 Å². The van der Waals surface area contributed by atoms with Crippen LogP contribution in [-0.4, -0.2) is 23.3 Å².